The van der Waals surface area contributed by atoms with Gasteiger partial charge in [-0.05, 0) is 54.6 Å². The van der Waals surface area contributed by atoms with Crippen LogP contribution in [0.3, 0.4) is 0 Å². The normalized spacial score (nSPS) is 10.6. The molecule has 7 nitrogen and oxygen atoms in total. The molecule has 0 radical (unpaired) electrons. The smallest absolute Gasteiger partial charge is 0.269 e. The number of non-ortho nitro benzene ring substituents is 1. The van der Waals surface area contributed by atoms with E-state index in [4.69, 9.17) is 22.1 Å². The summed E-state index contributed by atoms with van der Waals surface area (Å²) in [7, 11) is 0. The Bertz CT molecular complexity index is 1190. The monoisotopic (exact) mass is 418 g/mol. The molecule has 4 aromatic rings. The van der Waals surface area contributed by atoms with Crippen molar-refractivity contribution in [3.05, 3.63) is 94.0 Å². The molecule has 0 amide bonds. The van der Waals surface area contributed by atoms with Crippen LogP contribution in [-0.4, -0.2) is 14.9 Å². The van der Waals surface area contributed by atoms with Crippen LogP contribution in [0.25, 0.3) is 22.5 Å². The summed E-state index contributed by atoms with van der Waals surface area (Å²) in [5.74, 6) is 1.26. The van der Waals surface area contributed by atoms with Crippen LogP contribution in [0.5, 0.6) is 11.5 Å². The summed E-state index contributed by atoms with van der Waals surface area (Å²) in [5, 5.41) is 11.4. The molecule has 1 heterocycles. The number of nitrogen functional groups attached to an aromatic ring is 1. The molecule has 0 fully saturated rings. The quantitative estimate of drug-likeness (QED) is 0.327. The number of nitrogens with zero attached hydrogens (tertiary/aromatic N) is 3. The van der Waals surface area contributed by atoms with E-state index in [-0.39, 0.29) is 11.6 Å². The van der Waals surface area contributed by atoms with E-state index in [0.717, 1.165) is 11.1 Å². The molecule has 0 saturated heterocycles. The number of hydrogen-bond donors (Lipinski definition) is 1. The van der Waals surface area contributed by atoms with Crippen LogP contribution >= 0.6 is 11.6 Å². The Kier molecular flexibility index (Phi) is 5.28. The summed E-state index contributed by atoms with van der Waals surface area (Å²) in [6.45, 7) is 0. The highest BCUT2D eigenvalue weighted by Crippen LogP contribution is 2.29. The first-order valence-corrected chi connectivity index (χ1v) is 9.29. The lowest BCUT2D eigenvalue weighted by Gasteiger charge is -2.09. The summed E-state index contributed by atoms with van der Waals surface area (Å²) >= 11 is 5.95. The fourth-order valence-electron chi connectivity index (χ4n) is 2.85. The summed E-state index contributed by atoms with van der Waals surface area (Å²) in [6, 6.07) is 22.4. The molecule has 0 saturated carbocycles. The zero-order valence-electron chi connectivity index (χ0n) is 15.5. The second-order valence-corrected chi connectivity index (χ2v) is 6.82. The van der Waals surface area contributed by atoms with Crippen molar-refractivity contribution < 1.29 is 9.66 Å². The van der Waals surface area contributed by atoms with Crippen molar-refractivity contribution in [2.24, 2.45) is 0 Å². The molecular formula is C22H15ClN4O3. The summed E-state index contributed by atoms with van der Waals surface area (Å²) in [4.78, 5) is 18.9. The largest absolute Gasteiger partial charge is 0.457 e. The molecular weight excluding hydrogens is 404 g/mol. The molecule has 0 unspecified atom stereocenters. The predicted molar refractivity (Wildman–Crippen MR) is 115 cm³/mol. The molecule has 30 heavy (non-hydrogen) atoms. The fraction of sp³-hybridized carbons (Fsp3) is 0. The summed E-state index contributed by atoms with van der Waals surface area (Å²) < 4.78 is 5.74. The molecule has 8 heteroatoms. The number of anilines is 1. The molecule has 0 bridgehead atoms. The summed E-state index contributed by atoms with van der Waals surface area (Å²) in [6.07, 6.45) is 0. The Hall–Kier alpha value is -3.97. The Morgan fingerprint density at radius 1 is 0.800 bits per heavy atom. The number of ether oxygens (including phenoxy) is 1. The minimum Gasteiger partial charge on any atom is -0.457 e. The van der Waals surface area contributed by atoms with E-state index in [1.807, 2.05) is 30.3 Å². The first-order chi connectivity index (χ1) is 14.5. The van der Waals surface area contributed by atoms with Crippen molar-refractivity contribution in [3.8, 4) is 34.0 Å². The van der Waals surface area contributed by atoms with Crippen LogP contribution in [0.15, 0.2) is 78.9 Å². The van der Waals surface area contributed by atoms with Crippen molar-refractivity contribution in [1.29, 1.82) is 0 Å². The highest BCUT2D eigenvalue weighted by molar-refractivity contribution is 6.30. The highest BCUT2D eigenvalue weighted by Gasteiger charge is 2.09. The molecule has 4 rings (SSSR count). The first kappa shape index (κ1) is 19.4. The van der Waals surface area contributed by atoms with Crippen molar-refractivity contribution >= 4 is 23.2 Å². The molecule has 2 N–H and O–H groups in total. The van der Waals surface area contributed by atoms with Crippen molar-refractivity contribution in [3.63, 3.8) is 0 Å². The number of rotatable bonds is 5. The Labute approximate surface area is 176 Å². The zero-order valence-corrected chi connectivity index (χ0v) is 16.3. The standard InChI is InChI=1S/C22H15ClN4O3/c23-16-5-1-14(2-6-16)20-13-21(26-22(24)25-20)15-3-9-18(10-4-15)30-19-11-7-17(8-12-19)27(28)29/h1-13H,(H2,24,25,26). The lowest BCUT2D eigenvalue weighted by atomic mass is 10.1. The van der Waals surface area contributed by atoms with Gasteiger partial charge in [0.15, 0.2) is 0 Å². The maximum Gasteiger partial charge on any atom is 0.269 e. The van der Waals surface area contributed by atoms with Gasteiger partial charge >= 0.3 is 0 Å². The molecule has 0 aliphatic heterocycles. The first-order valence-electron chi connectivity index (χ1n) is 8.91. The topological polar surface area (TPSA) is 104 Å². The van der Waals surface area contributed by atoms with Gasteiger partial charge in [-0.3, -0.25) is 10.1 Å². The SMILES string of the molecule is Nc1nc(-c2ccc(Cl)cc2)cc(-c2ccc(Oc3ccc([N+](=O)[O-])cc3)cc2)n1. The third kappa shape index (κ3) is 4.37. The van der Waals surface area contributed by atoms with Gasteiger partial charge in [-0.1, -0.05) is 23.7 Å². The Balaban J connectivity index is 1.56. The second-order valence-electron chi connectivity index (χ2n) is 6.38. The highest BCUT2D eigenvalue weighted by atomic mass is 35.5. The third-order valence-corrected chi connectivity index (χ3v) is 4.57. The van der Waals surface area contributed by atoms with Crippen molar-refractivity contribution in [2.75, 3.05) is 5.73 Å². The van der Waals surface area contributed by atoms with Crippen LogP contribution in [0.1, 0.15) is 0 Å². The van der Waals surface area contributed by atoms with Gasteiger partial charge in [-0.25, -0.2) is 9.97 Å². The van der Waals surface area contributed by atoms with Crippen LogP contribution in [0, 0.1) is 10.1 Å². The maximum absolute atomic E-state index is 10.7. The van der Waals surface area contributed by atoms with Crippen LogP contribution in [-0.2, 0) is 0 Å². The number of nitrogens with two attached hydrogens (primary N) is 1. The van der Waals surface area contributed by atoms with Gasteiger partial charge in [-0.15, -0.1) is 0 Å². The average molecular weight is 419 g/mol. The molecule has 1 aromatic heterocycles. The van der Waals surface area contributed by atoms with Crippen LogP contribution in [0.2, 0.25) is 5.02 Å². The van der Waals surface area contributed by atoms with Gasteiger partial charge in [-0.2, -0.15) is 0 Å². The summed E-state index contributed by atoms with van der Waals surface area (Å²) in [5.41, 5.74) is 9.01. The van der Waals surface area contributed by atoms with E-state index < -0.39 is 4.92 Å². The van der Waals surface area contributed by atoms with Crippen molar-refractivity contribution in [2.45, 2.75) is 0 Å². The number of nitro groups is 1. The molecule has 0 atom stereocenters. The van der Waals surface area contributed by atoms with Gasteiger partial charge in [0.25, 0.3) is 5.69 Å². The molecule has 148 valence electrons. The third-order valence-electron chi connectivity index (χ3n) is 4.32. The minimum absolute atomic E-state index is 0.00976. The van der Waals surface area contributed by atoms with Gasteiger partial charge in [0.2, 0.25) is 5.95 Å². The molecule has 3 aromatic carbocycles. The maximum atomic E-state index is 10.7. The average Bonchev–Trinajstić information content (AvgIpc) is 2.75. The number of halogens is 1. The van der Waals surface area contributed by atoms with Gasteiger partial charge in [0, 0.05) is 28.3 Å². The van der Waals surface area contributed by atoms with Crippen LogP contribution < -0.4 is 10.5 Å². The van der Waals surface area contributed by atoms with E-state index in [1.54, 1.807) is 36.4 Å². The van der Waals surface area contributed by atoms with Crippen LogP contribution in [0.4, 0.5) is 11.6 Å². The van der Waals surface area contributed by atoms with Crippen molar-refractivity contribution in [1.82, 2.24) is 9.97 Å². The van der Waals surface area contributed by atoms with E-state index in [9.17, 15) is 10.1 Å². The second kappa shape index (κ2) is 8.18. The predicted octanol–water partition coefficient (Wildman–Crippen LogP) is 5.75. The van der Waals surface area contributed by atoms with E-state index in [0.29, 0.717) is 27.9 Å². The Morgan fingerprint density at radius 3 is 1.77 bits per heavy atom. The molecule has 0 spiro atoms. The van der Waals surface area contributed by atoms with Gasteiger partial charge in [0.05, 0.1) is 16.3 Å². The number of aromatic nitrogens is 2. The number of benzene rings is 3. The number of hydrogen-bond acceptors (Lipinski definition) is 6. The Morgan fingerprint density at radius 2 is 1.27 bits per heavy atom. The fourth-order valence-corrected chi connectivity index (χ4v) is 2.97. The van der Waals surface area contributed by atoms with E-state index >= 15 is 0 Å². The van der Waals surface area contributed by atoms with E-state index in [1.165, 1.54) is 12.1 Å². The van der Waals surface area contributed by atoms with Gasteiger partial charge < -0.3 is 10.5 Å². The minimum atomic E-state index is -0.454. The molecule has 0 aliphatic carbocycles. The zero-order chi connectivity index (χ0) is 21.1. The van der Waals surface area contributed by atoms with Gasteiger partial charge in [0.1, 0.15) is 11.5 Å². The lowest BCUT2D eigenvalue weighted by Crippen LogP contribution is -1.98. The molecule has 0 aliphatic rings. The number of nitro benzene ring substituents is 1. The van der Waals surface area contributed by atoms with E-state index in [2.05, 4.69) is 9.97 Å². The lowest BCUT2D eigenvalue weighted by molar-refractivity contribution is -0.384.